The van der Waals surface area contributed by atoms with Crippen molar-refractivity contribution in [3.63, 3.8) is 0 Å². The molecule has 0 unspecified atom stereocenters. The summed E-state index contributed by atoms with van der Waals surface area (Å²) in [5.41, 5.74) is 7.55. The maximum atomic E-state index is 12.8. The number of aromatic carboxylic acids is 1. The van der Waals surface area contributed by atoms with Crippen molar-refractivity contribution in [2.75, 3.05) is 16.0 Å². The highest BCUT2D eigenvalue weighted by Crippen LogP contribution is 2.37. The number of carbonyl (C=O) groups excluding carboxylic acids is 2. The van der Waals surface area contributed by atoms with Gasteiger partial charge >= 0.3 is 5.97 Å². The van der Waals surface area contributed by atoms with Crippen molar-refractivity contribution >= 4 is 52.2 Å². The second-order valence-electron chi connectivity index (χ2n) is 9.22. The van der Waals surface area contributed by atoms with Gasteiger partial charge in [0, 0.05) is 39.6 Å². The van der Waals surface area contributed by atoms with Gasteiger partial charge in [0.25, 0.3) is 11.8 Å². The number of hydrogen-bond acceptors (Lipinski definition) is 4. The van der Waals surface area contributed by atoms with Gasteiger partial charge in [-0.1, -0.05) is 30.3 Å². The molecule has 1 aliphatic heterocycles. The molecule has 8 nitrogen and oxygen atoms in total. The monoisotopic (exact) mass is 506 g/mol. The average molecular weight is 507 g/mol. The first kappa shape index (κ1) is 24.6. The Bertz CT molecular complexity index is 1630. The van der Waals surface area contributed by atoms with Gasteiger partial charge in [0.05, 0.1) is 16.8 Å². The predicted molar refractivity (Wildman–Crippen MR) is 149 cm³/mol. The van der Waals surface area contributed by atoms with Gasteiger partial charge in [0.1, 0.15) is 0 Å². The molecule has 0 fully saturated rings. The van der Waals surface area contributed by atoms with E-state index in [2.05, 4.69) is 20.9 Å². The smallest absolute Gasteiger partial charge is 0.337 e. The van der Waals surface area contributed by atoms with Crippen LogP contribution in [0.4, 0.5) is 22.7 Å². The largest absolute Gasteiger partial charge is 0.478 e. The Hall–Kier alpha value is -5.11. The molecule has 0 radical (unpaired) electrons. The van der Waals surface area contributed by atoms with Gasteiger partial charge in [-0.3, -0.25) is 9.59 Å². The molecule has 0 spiro atoms. The Balaban J connectivity index is 1.39. The number of aryl methyl sites for hydroxylation is 2. The summed E-state index contributed by atoms with van der Waals surface area (Å²) in [6.07, 6.45) is 1.69. The van der Waals surface area contributed by atoms with Crippen molar-refractivity contribution < 1.29 is 19.5 Å². The molecule has 5 N–H and O–H groups in total. The highest BCUT2D eigenvalue weighted by Gasteiger charge is 2.26. The number of benzene rings is 3. The summed E-state index contributed by atoms with van der Waals surface area (Å²) >= 11 is 0. The molecular weight excluding hydrogens is 480 g/mol. The molecule has 0 saturated heterocycles. The quantitative estimate of drug-likeness (QED) is 0.201. The molecule has 1 aliphatic rings. The van der Waals surface area contributed by atoms with Crippen LogP contribution in [0.15, 0.2) is 66.7 Å². The number of nitrogens with one attached hydrogen (secondary N) is 4. The third-order valence-electron chi connectivity index (χ3n) is 6.59. The lowest BCUT2D eigenvalue weighted by Gasteiger charge is -2.13. The summed E-state index contributed by atoms with van der Waals surface area (Å²) in [4.78, 5) is 40.0. The van der Waals surface area contributed by atoms with Crippen LogP contribution in [0.5, 0.6) is 0 Å². The third-order valence-corrected chi connectivity index (χ3v) is 6.59. The Kier molecular flexibility index (Phi) is 6.30. The van der Waals surface area contributed by atoms with E-state index in [9.17, 15) is 19.5 Å². The SMILES string of the molecule is Cc1ccc(NC(=O)c2ccccc2)cc1Nc1ccc2c(c1)NC(=O)C2=Cc1[nH]c(C)c(C(=O)O)c1C. The number of fused-ring (bicyclic) bond motifs is 1. The number of carboxylic acids is 1. The van der Waals surface area contributed by atoms with E-state index >= 15 is 0 Å². The van der Waals surface area contributed by atoms with E-state index in [0.717, 1.165) is 22.5 Å². The fourth-order valence-electron chi connectivity index (χ4n) is 4.58. The van der Waals surface area contributed by atoms with Crippen molar-refractivity contribution in [1.29, 1.82) is 0 Å². The zero-order valence-electron chi connectivity index (χ0n) is 21.1. The van der Waals surface area contributed by atoms with Crippen molar-refractivity contribution in [1.82, 2.24) is 4.98 Å². The van der Waals surface area contributed by atoms with E-state index in [4.69, 9.17) is 0 Å². The predicted octanol–water partition coefficient (Wildman–Crippen LogP) is 6.13. The minimum atomic E-state index is -1.01. The lowest BCUT2D eigenvalue weighted by molar-refractivity contribution is -0.110. The van der Waals surface area contributed by atoms with Crippen LogP contribution in [0.25, 0.3) is 11.6 Å². The number of amides is 2. The molecule has 38 heavy (non-hydrogen) atoms. The zero-order chi connectivity index (χ0) is 27.0. The number of aromatic amines is 1. The maximum absolute atomic E-state index is 12.8. The average Bonchev–Trinajstić information content (AvgIpc) is 3.35. The van der Waals surface area contributed by atoms with Crippen LogP contribution < -0.4 is 16.0 Å². The van der Waals surface area contributed by atoms with Gasteiger partial charge < -0.3 is 26.0 Å². The van der Waals surface area contributed by atoms with E-state index in [-0.39, 0.29) is 17.4 Å². The van der Waals surface area contributed by atoms with Gasteiger partial charge in [-0.2, -0.15) is 0 Å². The van der Waals surface area contributed by atoms with Crippen LogP contribution in [0.2, 0.25) is 0 Å². The number of hydrogen-bond donors (Lipinski definition) is 5. The Morgan fingerprint density at radius 3 is 2.37 bits per heavy atom. The number of aromatic nitrogens is 1. The molecule has 8 heteroatoms. The molecule has 0 bridgehead atoms. The summed E-state index contributed by atoms with van der Waals surface area (Å²) in [7, 11) is 0. The third kappa shape index (κ3) is 4.67. The molecule has 0 aliphatic carbocycles. The molecule has 2 heterocycles. The Morgan fingerprint density at radius 1 is 0.921 bits per heavy atom. The fourth-order valence-corrected chi connectivity index (χ4v) is 4.58. The van der Waals surface area contributed by atoms with E-state index in [1.54, 1.807) is 32.1 Å². The minimum absolute atomic E-state index is 0.192. The number of rotatable bonds is 6. The highest BCUT2D eigenvalue weighted by molar-refractivity contribution is 6.35. The number of carbonyl (C=O) groups is 3. The molecule has 0 saturated carbocycles. The lowest BCUT2D eigenvalue weighted by atomic mass is 10.0. The Labute approximate surface area is 219 Å². The molecule has 1 aromatic heterocycles. The summed E-state index contributed by atoms with van der Waals surface area (Å²) < 4.78 is 0. The molecule has 0 atom stereocenters. The number of anilines is 4. The van der Waals surface area contributed by atoms with Crippen LogP contribution in [-0.4, -0.2) is 27.9 Å². The molecule has 5 rings (SSSR count). The van der Waals surface area contributed by atoms with Crippen LogP contribution >= 0.6 is 0 Å². The number of carboxylic acid groups (broad SMARTS) is 1. The first-order valence-electron chi connectivity index (χ1n) is 12.1. The maximum Gasteiger partial charge on any atom is 0.337 e. The van der Waals surface area contributed by atoms with E-state index < -0.39 is 5.97 Å². The van der Waals surface area contributed by atoms with E-state index in [1.807, 2.05) is 61.5 Å². The van der Waals surface area contributed by atoms with E-state index in [1.165, 1.54) is 0 Å². The van der Waals surface area contributed by atoms with Crippen molar-refractivity contribution in [3.05, 3.63) is 106 Å². The normalized spacial score (nSPS) is 13.2. The molecular formula is C30H26N4O4. The number of H-pyrrole nitrogens is 1. The summed E-state index contributed by atoms with van der Waals surface area (Å²) in [6.45, 7) is 5.38. The molecule has 2 amide bonds. The lowest BCUT2D eigenvalue weighted by Crippen LogP contribution is -2.11. The second kappa shape index (κ2) is 9.74. The molecule has 3 aromatic carbocycles. The zero-order valence-corrected chi connectivity index (χ0v) is 21.1. The van der Waals surface area contributed by atoms with Crippen LogP contribution in [0.1, 0.15) is 48.8 Å². The minimum Gasteiger partial charge on any atom is -0.478 e. The summed E-state index contributed by atoms with van der Waals surface area (Å²) in [6, 6.07) is 20.2. The standard InChI is InChI=1S/C30H26N4O4/c1-16-9-10-21(33-28(35)19-7-5-4-6-8-19)13-24(16)32-20-11-12-22-23(29(36)34-26(22)14-20)15-25-17(2)27(30(37)38)18(3)31-25/h4-15,31-32H,1-3H3,(H,33,35)(H,34,36)(H,37,38). The van der Waals surface area contributed by atoms with Crippen molar-refractivity contribution in [2.24, 2.45) is 0 Å². The van der Waals surface area contributed by atoms with Crippen LogP contribution in [0.3, 0.4) is 0 Å². The van der Waals surface area contributed by atoms with Gasteiger partial charge in [-0.15, -0.1) is 0 Å². The van der Waals surface area contributed by atoms with E-state index in [0.29, 0.717) is 39.5 Å². The van der Waals surface area contributed by atoms with Crippen LogP contribution in [0, 0.1) is 20.8 Å². The van der Waals surface area contributed by atoms with Gasteiger partial charge in [0.2, 0.25) is 0 Å². The Morgan fingerprint density at radius 2 is 1.66 bits per heavy atom. The van der Waals surface area contributed by atoms with Gasteiger partial charge in [0.15, 0.2) is 0 Å². The van der Waals surface area contributed by atoms with Crippen molar-refractivity contribution in [3.8, 4) is 0 Å². The molecule has 190 valence electrons. The summed E-state index contributed by atoms with van der Waals surface area (Å²) in [5, 5.41) is 18.7. The highest BCUT2D eigenvalue weighted by atomic mass is 16.4. The van der Waals surface area contributed by atoms with Gasteiger partial charge in [-0.05, 0) is 74.4 Å². The summed E-state index contributed by atoms with van der Waals surface area (Å²) in [5.74, 6) is -1.46. The second-order valence-corrected chi connectivity index (χ2v) is 9.22. The fraction of sp³-hybridized carbons (Fsp3) is 0.100. The van der Waals surface area contributed by atoms with Crippen molar-refractivity contribution in [2.45, 2.75) is 20.8 Å². The van der Waals surface area contributed by atoms with Crippen LogP contribution in [-0.2, 0) is 4.79 Å². The molecule has 4 aromatic rings. The first-order valence-corrected chi connectivity index (χ1v) is 12.1. The first-order chi connectivity index (χ1) is 18.2. The van der Waals surface area contributed by atoms with Gasteiger partial charge in [-0.25, -0.2) is 4.79 Å². The topological polar surface area (TPSA) is 123 Å².